The summed E-state index contributed by atoms with van der Waals surface area (Å²) in [6, 6.07) is 3.87. The van der Waals surface area contributed by atoms with Crippen molar-refractivity contribution in [3.8, 4) is 0 Å². The molecule has 1 saturated heterocycles. The molecule has 1 N–H and O–H groups in total. The number of benzene rings is 1. The second kappa shape index (κ2) is 9.14. The van der Waals surface area contributed by atoms with Crippen molar-refractivity contribution in [2.45, 2.75) is 58.4 Å². The lowest BCUT2D eigenvalue weighted by Crippen LogP contribution is -2.47. The molecule has 2 heterocycles. The number of nitrogens with one attached hydrogen (secondary N) is 1. The summed E-state index contributed by atoms with van der Waals surface area (Å²) < 4.78 is 42.9. The highest BCUT2D eigenvalue weighted by molar-refractivity contribution is 6.04. The van der Waals surface area contributed by atoms with E-state index in [-0.39, 0.29) is 29.7 Å². The van der Waals surface area contributed by atoms with Gasteiger partial charge in [-0.3, -0.25) is 14.4 Å². The molecule has 1 fully saturated rings. The Morgan fingerprint density at radius 1 is 1.31 bits per heavy atom. The maximum absolute atomic E-state index is 14.3. The Bertz CT molecular complexity index is 1140. The maximum atomic E-state index is 14.3. The Labute approximate surface area is 201 Å². The monoisotopic (exact) mass is 491 g/mol. The molecule has 0 radical (unpaired) electrons. The van der Waals surface area contributed by atoms with Crippen LogP contribution in [0.5, 0.6) is 0 Å². The van der Waals surface area contributed by atoms with Crippen molar-refractivity contribution in [3.05, 3.63) is 58.2 Å². The number of allylic oxidation sites excluding steroid dienone is 2. The standard InChI is InChI=1S/C25H28F3N3O4/c1-5-31-23(33)21(13-34-31)29-22(32)19-7-6-17(11-16(19)4)20-12-24(35-30-20,25(26,27)28)18-9-14(2)8-15(3)10-18/h6-7,9-11,14,21H,5,8,12-13H2,1-4H3,(H,29,32). The summed E-state index contributed by atoms with van der Waals surface area (Å²) in [4.78, 5) is 35.3. The van der Waals surface area contributed by atoms with Crippen LogP contribution in [-0.2, 0) is 14.5 Å². The molecule has 0 spiro atoms. The highest BCUT2D eigenvalue weighted by Crippen LogP contribution is 2.48. The third-order valence-electron chi connectivity index (χ3n) is 6.50. The summed E-state index contributed by atoms with van der Waals surface area (Å²) in [5.74, 6) is -0.833. The van der Waals surface area contributed by atoms with Crippen LogP contribution in [0, 0.1) is 12.8 Å². The fourth-order valence-electron chi connectivity index (χ4n) is 4.71. The minimum Gasteiger partial charge on any atom is -0.374 e. The van der Waals surface area contributed by atoms with Crippen molar-refractivity contribution < 1.29 is 32.4 Å². The number of halogens is 3. The number of aryl methyl sites for hydroxylation is 1. The molecule has 10 heteroatoms. The van der Waals surface area contributed by atoms with Crippen molar-refractivity contribution in [1.29, 1.82) is 0 Å². The molecule has 3 atom stereocenters. The minimum atomic E-state index is -4.67. The molecule has 1 aromatic rings. The van der Waals surface area contributed by atoms with Gasteiger partial charge in [-0.15, -0.1) is 0 Å². The molecular formula is C25H28F3N3O4. The Balaban J connectivity index is 1.54. The lowest BCUT2D eigenvalue weighted by atomic mass is 9.80. The van der Waals surface area contributed by atoms with Gasteiger partial charge >= 0.3 is 6.18 Å². The van der Waals surface area contributed by atoms with Crippen LogP contribution in [0.25, 0.3) is 0 Å². The van der Waals surface area contributed by atoms with Gasteiger partial charge in [-0.25, -0.2) is 5.06 Å². The molecule has 1 aromatic carbocycles. The van der Waals surface area contributed by atoms with E-state index in [0.717, 1.165) is 5.57 Å². The summed E-state index contributed by atoms with van der Waals surface area (Å²) in [6.45, 7) is 7.53. The molecule has 1 aliphatic carbocycles. The third kappa shape index (κ3) is 4.59. The Kier molecular flexibility index (Phi) is 6.52. The average molecular weight is 492 g/mol. The summed E-state index contributed by atoms with van der Waals surface area (Å²) >= 11 is 0. The number of rotatable bonds is 5. The quantitative estimate of drug-likeness (QED) is 0.669. The molecule has 2 aliphatic heterocycles. The Morgan fingerprint density at radius 2 is 2.06 bits per heavy atom. The van der Waals surface area contributed by atoms with Gasteiger partial charge in [-0.05, 0) is 56.4 Å². The number of carbonyl (C=O) groups is 2. The number of hydrogen-bond acceptors (Lipinski definition) is 5. The van der Waals surface area contributed by atoms with E-state index in [1.807, 2.05) is 13.8 Å². The van der Waals surface area contributed by atoms with Gasteiger partial charge in [0.05, 0.1) is 5.71 Å². The van der Waals surface area contributed by atoms with E-state index < -0.39 is 30.1 Å². The van der Waals surface area contributed by atoms with Crippen molar-refractivity contribution in [2.75, 3.05) is 13.2 Å². The number of amides is 2. The number of hydroxylamine groups is 2. The van der Waals surface area contributed by atoms with E-state index in [2.05, 4.69) is 10.5 Å². The topological polar surface area (TPSA) is 80.2 Å². The zero-order valence-electron chi connectivity index (χ0n) is 20.0. The molecule has 0 saturated carbocycles. The summed E-state index contributed by atoms with van der Waals surface area (Å²) in [5, 5.41) is 7.67. The smallest absolute Gasteiger partial charge is 0.374 e. The predicted molar refractivity (Wildman–Crippen MR) is 122 cm³/mol. The van der Waals surface area contributed by atoms with Crippen LogP contribution in [-0.4, -0.2) is 53.6 Å². The largest absolute Gasteiger partial charge is 0.435 e. The second-order valence-corrected chi connectivity index (χ2v) is 9.31. The molecule has 3 unspecified atom stereocenters. The van der Waals surface area contributed by atoms with Gasteiger partial charge in [-0.2, -0.15) is 13.2 Å². The summed E-state index contributed by atoms with van der Waals surface area (Å²) in [5.41, 5.74) is -0.191. The highest BCUT2D eigenvalue weighted by atomic mass is 19.4. The van der Waals surface area contributed by atoms with Gasteiger partial charge in [0.25, 0.3) is 17.4 Å². The van der Waals surface area contributed by atoms with E-state index in [1.54, 1.807) is 38.1 Å². The average Bonchev–Trinajstić information content (AvgIpc) is 3.38. The number of alkyl halides is 3. The zero-order valence-corrected chi connectivity index (χ0v) is 20.0. The molecule has 3 aliphatic rings. The first-order valence-corrected chi connectivity index (χ1v) is 11.5. The van der Waals surface area contributed by atoms with Gasteiger partial charge < -0.3 is 10.2 Å². The molecule has 35 heavy (non-hydrogen) atoms. The fraction of sp³-hybridized carbons (Fsp3) is 0.480. The number of hydrogen-bond donors (Lipinski definition) is 1. The van der Waals surface area contributed by atoms with Gasteiger partial charge in [-0.1, -0.05) is 35.9 Å². The van der Waals surface area contributed by atoms with E-state index in [1.165, 1.54) is 11.1 Å². The lowest BCUT2D eigenvalue weighted by molar-refractivity contribution is -0.252. The number of oxime groups is 1. The zero-order chi connectivity index (χ0) is 25.5. The van der Waals surface area contributed by atoms with E-state index in [9.17, 15) is 22.8 Å². The van der Waals surface area contributed by atoms with Crippen molar-refractivity contribution in [3.63, 3.8) is 0 Å². The van der Waals surface area contributed by atoms with Crippen molar-refractivity contribution in [1.82, 2.24) is 10.4 Å². The normalized spacial score (nSPS) is 26.8. The number of carbonyl (C=O) groups excluding carboxylic acids is 2. The molecule has 2 amide bonds. The molecule has 188 valence electrons. The molecule has 0 bridgehead atoms. The third-order valence-corrected chi connectivity index (χ3v) is 6.50. The first-order valence-electron chi connectivity index (χ1n) is 11.5. The Morgan fingerprint density at radius 3 is 2.66 bits per heavy atom. The van der Waals surface area contributed by atoms with E-state index >= 15 is 0 Å². The van der Waals surface area contributed by atoms with Gasteiger partial charge in [0.2, 0.25) is 0 Å². The van der Waals surface area contributed by atoms with Crippen LogP contribution < -0.4 is 5.32 Å². The molecular weight excluding hydrogens is 463 g/mol. The van der Waals surface area contributed by atoms with Crippen LogP contribution >= 0.6 is 0 Å². The van der Waals surface area contributed by atoms with Crippen molar-refractivity contribution in [2.24, 2.45) is 11.1 Å². The van der Waals surface area contributed by atoms with Gasteiger partial charge in [0, 0.05) is 24.1 Å². The van der Waals surface area contributed by atoms with Crippen LogP contribution in [0.3, 0.4) is 0 Å². The maximum Gasteiger partial charge on any atom is 0.435 e. The minimum absolute atomic E-state index is 0.0385. The molecule has 7 nitrogen and oxygen atoms in total. The highest BCUT2D eigenvalue weighted by Gasteiger charge is 2.63. The van der Waals surface area contributed by atoms with E-state index in [4.69, 9.17) is 9.68 Å². The van der Waals surface area contributed by atoms with E-state index in [0.29, 0.717) is 29.7 Å². The second-order valence-electron chi connectivity index (χ2n) is 9.31. The van der Waals surface area contributed by atoms with Crippen molar-refractivity contribution >= 4 is 17.5 Å². The van der Waals surface area contributed by atoms with Crippen LogP contribution in [0.4, 0.5) is 13.2 Å². The van der Waals surface area contributed by atoms with Crippen LogP contribution in [0.2, 0.25) is 0 Å². The van der Waals surface area contributed by atoms with Gasteiger partial charge in [0.15, 0.2) is 0 Å². The number of likely N-dealkylation sites (N-methyl/N-ethyl adjacent to an activating group) is 1. The van der Waals surface area contributed by atoms with Crippen LogP contribution in [0.15, 0.2) is 46.7 Å². The van der Waals surface area contributed by atoms with Crippen LogP contribution in [0.1, 0.15) is 55.1 Å². The summed E-state index contributed by atoms with van der Waals surface area (Å²) in [7, 11) is 0. The Hall–Kier alpha value is -3.14. The SMILES string of the molecule is CCN1OCC(NC(=O)c2ccc(C3=NOC(C4=CC(C)CC(C)=C4)(C(F)(F)F)C3)cc2C)C1=O. The van der Waals surface area contributed by atoms with Gasteiger partial charge in [0.1, 0.15) is 12.6 Å². The molecule has 0 aromatic heterocycles. The number of nitrogens with zero attached hydrogens (tertiary/aromatic N) is 2. The molecule has 4 rings (SSSR count). The lowest BCUT2D eigenvalue weighted by Gasteiger charge is -2.33. The predicted octanol–water partition coefficient (Wildman–Crippen LogP) is 4.23. The first kappa shape index (κ1) is 25.0. The fourth-order valence-corrected chi connectivity index (χ4v) is 4.71. The summed E-state index contributed by atoms with van der Waals surface area (Å²) in [6.07, 6.45) is -1.30. The first-order chi connectivity index (χ1) is 16.4.